The van der Waals surface area contributed by atoms with Crippen molar-refractivity contribution in [2.45, 2.75) is 19.8 Å². The molecule has 0 amide bonds. The molecule has 15 heavy (non-hydrogen) atoms. The summed E-state index contributed by atoms with van der Waals surface area (Å²) in [7, 11) is 0. The summed E-state index contributed by atoms with van der Waals surface area (Å²) < 4.78 is 0. The fourth-order valence-corrected chi connectivity index (χ4v) is 1.92. The Morgan fingerprint density at radius 1 is 1.47 bits per heavy atom. The van der Waals surface area contributed by atoms with E-state index in [1.807, 2.05) is 6.92 Å². The molecule has 0 unspecified atom stereocenters. The van der Waals surface area contributed by atoms with Crippen molar-refractivity contribution in [3.8, 4) is 0 Å². The minimum absolute atomic E-state index is 0.0737. The summed E-state index contributed by atoms with van der Waals surface area (Å²) in [6, 6.07) is 1.54. The van der Waals surface area contributed by atoms with E-state index >= 15 is 0 Å². The Balaban J connectivity index is 2.29. The van der Waals surface area contributed by atoms with E-state index in [0.717, 1.165) is 24.3 Å². The van der Waals surface area contributed by atoms with Gasteiger partial charge < -0.3 is 15.0 Å². The summed E-state index contributed by atoms with van der Waals surface area (Å²) in [6.07, 6.45) is 3.99. The van der Waals surface area contributed by atoms with Crippen LogP contribution in [0, 0.1) is 17.0 Å². The molecule has 0 spiro atoms. The van der Waals surface area contributed by atoms with E-state index in [2.05, 4.69) is 9.88 Å². The van der Waals surface area contributed by atoms with Gasteiger partial charge in [0.1, 0.15) is 0 Å². The predicted molar refractivity (Wildman–Crippen MR) is 57.1 cm³/mol. The van der Waals surface area contributed by atoms with Crippen molar-refractivity contribution in [1.29, 1.82) is 0 Å². The molecule has 0 N–H and O–H groups in total. The second-order valence-electron chi connectivity index (χ2n) is 3.78. The van der Waals surface area contributed by atoms with E-state index in [1.54, 1.807) is 6.20 Å². The predicted octanol–water partition coefficient (Wildman–Crippen LogP) is 1.90. The molecule has 0 bridgehead atoms. The number of hydrogen-bond acceptors (Lipinski definition) is 4. The van der Waals surface area contributed by atoms with Gasteiger partial charge in [-0.15, -0.1) is 0 Å². The van der Waals surface area contributed by atoms with Crippen LogP contribution in [-0.4, -0.2) is 23.0 Å². The Bertz CT molecular complexity index is 386. The second-order valence-corrected chi connectivity index (χ2v) is 3.78. The highest BCUT2D eigenvalue weighted by Crippen LogP contribution is 2.25. The largest absolute Gasteiger partial charge is 0.368 e. The fourth-order valence-electron chi connectivity index (χ4n) is 1.92. The molecule has 2 heterocycles. The van der Waals surface area contributed by atoms with Crippen LogP contribution in [0.1, 0.15) is 18.4 Å². The molecule has 0 atom stereocenters. The van der Waals surface area contributed by atoms with Crippen LogP contribution in [0.4, 0.5) is 11.5 Å². The molecule has 80 valence electrons. The van der Waals surface area contributed by atoms with Crippen LogP contribution in [0.15, 0.2) is 12.3 Å². The first-order chi connectivity index (χ1) is 7.18. The molecule has 5 heteroatoms. The third-order valence-electron chi connectivity index (χ3n) is 2.70. The zero-order valence-electron chi connectivity index (χ0n) is 8.64. The van der Waals surface area contributed by atoms with E-state index in [0.29, 0.717) is 0 Å². The minimum atomic E-state index is -0.458. The standard InChI is InChI=1S/C10H13N3O2/c1-8-6-10(13(14)15)11-7-9(8)12-4-2-3-5-12/h6-7H,2-5H2,1H3. The van der Waals surface area contributed by atoms with Gasteiger partial charge in [0.15, 0.2) is 6.20 Å². The molecule has 5 nitrogen and oxygen atoms in total. The summed E-state index contributed by atoms with van der Waals surface area (Å²) >= 11 is 0. The molecule has 0 radical (unpaired) electrons. The number of rotatable bonds is 2. The number of aryl methyl sites for hydroxylation is 1. The third kappa shape index (κ3) is 1.91. The summed E-state index contributed by atoms with van der Waals surface area (Å²) in [5.74, 6) is -0.0737. The Labute approximate surface area is 87.9 Å². The van der Waals surface area contributed by atoms with Gasteiger partial charge in [-0.25, -0.2) is 0 Å². The number of nitro groups is 1. The smallest absolute Gasteiger partial charge is 0.363 e. The summed E-state index contributed by atoms with van der Waals surface area (Å²) in [5, 5.41) is 10.5. The zero-order chi connectivity index (χ0) is 10.8. The lowest BCUT2D eigenvalue weighted by Crippen LogP contribution is -2.19. The molecule has 0 aliphatic carbocycles. The number of nitrogens with zero attached hydrogens (tertiary/aromatic N) is 3. The van der Waals surface area contributed by atoms with Crippen molar-refractivity contribution >= 4 is 11.5 Å². The maximum Gasteiger partial charge on any atom is 0.363 e. The van der Waals surface area contributed by atoms with Crippen molar-refractivity contribution in [3.63, 3.8) is 0 Å². The highest BCUT2D eigenvalue weighted by Gasteiger charge is 2.18. The van der Waals surface area contributed by atoms with E-state index in [-0.39, 0.29) is 5.82 Å². The number of aromatic nitrogens is 1. The quantitative estimate of drug-likeness (QED) is 0.549. The average molecular weight is 207 g/mol. The second kappa shape index (κ2) is 3.84. The van der Waals surface area contributed by atoms with E-state index in [9.17, 15) is 10.1 Å². The lowest BCUT2D eigenvalue weighted by atomic mass is 10.2. The van der Waals surface area contributed by atoms with Crippen LogP contribution in [0.3, 0.4) is 0 Å². The topological polar surface area (TPSA) is 59.3 Å². The molecule has 0 aromatic carbocycles. The molecule has 2 rings (SSSR count). The first-order valence-electron chi connectivity index (χ1n) is 5.04. The summed E-state index contributed by atoms with van der Waals surface area (Å²) in [4.78, 5) is 16.1. The highest BCUT2D eigenvalue weighted by atomic mass is 16.6. The van der Waals surface area contributed by atoms with Gasteiger partial charge in [-0.2, -0.15) is 0 Å². The third-order valence-corrected chi connectivity index (χ3v) is 2.70. The molecular weight excluding hydrogens is 194 g/mol. The van der Waals surface area contributed by atoms with Gasteiger partial charge in [0.2, 0.25) is 0 Å². The Kier molecular flexibility index (Phi) is 2.53. The van der Waals surface area contributed by atoms with Gasteiger partial charge in [-0.05, 0) is 35.2 Å². The van der Waals surface area contributed by atoms with E-state index < -0.39 is 4.92 Å². The normalized spacial score (nSPS) is 15.7. The maximum atomic E-state index is 10.5. The van der Waals surface area contributed by atoms with Crippen LogP contribution in [0.25, 0.3) is 0 Å². The molecule has 0 saturated carbocycles. The number of hydrogen-bond donors (Lipinski definition) is 0. The maximum absolute atomic E-state index is 10.5. The molecule has 1 fully saturated rings. The first kappa shape index (κ1) is 9.89. The average Bonchev–Trinajstić information content (AvgIpc) is 2.70. The molecule has 1 saturated heterocycles. The first-order valence-corrected chi connectivity index (χ1v) is 5.04. The summed E-state index contributed by atoms with van der Waals surface area (Å²) in [5.41, 5.74) is 1.96. The van der Waals surface area contributed by atoms with Gasteiger partial charge in [0.25, 0.3) is 0 Å². The van der Waals surface area contributed by atoms with Crippen LogP contribution in [0.5, 0.6) is 0 Å². The molecule has 1 aromatic rings. The van der Waals surface area contributed by atoms with Crippen LogP contribution in [-0.2, 0) is 0 Å². The highest BCUT2D eigenvalue weighted by molar-refractivity contribution is 5.54. The van der Waals surface area contributed by atoms with Gasteiger partial charge in [-0.3, -0.25) is 0 Å². The van der Waals surface area contributed by atoms with Crippen molar-refractivity contribution in [3.05, 3.63) is 27.9 Å². The van der Waals surface area contributed by atoms with Crippen LogP contribution >= 0.6 is 0 Å². The van der Waals surface area contributed by atoms with Gasteiger partial charge >= 0.3 is 5.82 Å². The van der Waals surface area contributed by atoms with Crippen LogP contribution in [0.2, 0.25) is 0 Å². The lowest BCUT2D eigenvalue weighted by Gasteiger charge is -2.17. The number of pyridine rings is 1. The number of anilines is 1. The molecule has 1 aromatic heterocycles. The Morgan fingerprint density at radius 3 is 2.67 bits per heavy atom. The van der Waals surface area contributed by atoms with Crippen molar-refractivity contribution in [2.75, 3.05) is 18.0 Å². The fraction of sp³-hybridized carbons (Fsp3) is 0.500. The lowest BCUT2D eigenvalue weighted by molar-refractivity contribution is -0.389. The van der Waals surface area contributed by atoms with Crippen LogP contribution < -0.4 is 4.90 Å². The van der Waals surface area contributed by atoms with Gasteiger partial charge in [0.05, 0.1) is 5.69 Å². The van der Waals surface area contributed by atoms with Crippen molar-refractivity contribution in [1.82, 2.24) is 4.98 Å². The van der Waals surface area contributed by atoms with E-state index in [1.165, 1.54) is 18.9 Å². The Hall–Kier alpha value is -1.65. The Morgan fingerprint density at radius 2 is 2.13 bits per heavy atom. The van der Waals surface area contributed by atoms with Gasteiger partial charge in [-0.1, -0.05) is 0 Å². The SMILES string of the molecule is Cc1cc([N+](=O)[O-])ncc1N1CCCC1. The summed E-state index contributed by atoms with van der Waals surface area (Å²) in [6.45, 7) is 3.95. The molecule has 1 aliphatic heterocycles. The molecular formula is C10H13N3O2. The monoisotopic (exact) mass is 207 g/mol. The molecule has 1 aliphatic rings. The van der Waals surface area contributed by atoms with E-state index in [4.69, 9.17) is 0 Å². The minimum Gasteiger partial charge on any atom is -0.368 e. The van der Waals surface area contributed by atoms with Crippen molar-refractivity contribution in [2.24, 2.45) is 0 Å². The van der Waals surface area contributed by atoms with Crippen molar-refractivity contribution < 1.29 is 4.92 Å². The van der Waals surface area contributed by atoms with Gasteiger partial charge in [0, 0.05) is 19.2 Å². The zero-order valence-corrected chi connectivity index (χ0v) is 8.64.